The molecule has 0 spiro atoms. The lowest BCUT2D eigenvalue weighted by Gasteiger charge is -2.31. The SMILES string of the molecule is O=C(CC1CC2CCC(C1)N2)N1CCCCO1. The number of piperidine rings is 1. The molecule has 3 heterocycles. The van der Waals surface area contributed by atoms with Crippen molar-refractivity contribution >= 4 is 5.91 Å². The number of nitrogens with one attached hydrogen (secondary N) is 1. The minimum absolute atomic E-state index is 0.205. The van der Waals surface area contributed by atoms with Crippen molar-refractivity contribution in [2.75, 3.05) is 13.2 Å². The summed E-state index contributed by atoms with van der Waals surface area (Å²) in [6.45, 7) is 1.50. The van der Waals surface area contributed by atoms with E-state index >= 15 is 0 Å². The van der Waals surface area contributed by atoms with Crippen LogP contribution in [-0.2, 0) is 9.63 Å². The van der Waals surface area contributed by atoms with Gasteiger partial charge in [-0.15, -0.1) is 0 Å². The third-order valence-electron chi connectivity index (χ3n) is 4.31. The van der Waals surface area contributed by atoms with Gasteiger partial charge < -0.3 is 5.32 Å². The molecule has 0 aromatic carbocycles. The highest BCUT2D eigenvalue weighted by atomic mass is 16.7. The van der Waals surface area contributed by atoms with Crippen molar-refractivity contribution in [2.45, 2.75) is 57.0 Å². The van der Waals surface area contributed by atoms with Crippen molar-refractivity contribution < 1.29 is 9.63 Å². The molecule has 96 valence electrons. The molecule has 3 aliphatic rings. The van der Waals surface area contributed by atoms with E-state index in [1.165, 1.54) is 25.7 Å². The number of hydrogen-bond acceptors (Lipinski definition) is 3. The van der Waals surface area contributed by atoms with E-state index in [2.05, 4.69) is 5.32 Å². The van der Waals surface area contributed by atoms with Crippen LogP contribution in [-0.4, -0.2) is 36.2 Å². The Balaban J connectivity index is 1.50. The van der Waals surface area contributed by atoms with E-state index in [1.54, 1.807) is 5.06 Å². The number of hydrogen-bond donors (Lipinski definition) is 1. The second-order valence-corrected chi connectivity index (χ2v) is 5.72. The number of amides is 1. The lowest BCUT2D eigenvalue weighted by Crippen LogP contribution is -2.41. The van der Waals surface area contributed by atoms with Crippen molar-refractivity contribution in [3.05, 3.63) is 0 Å². The Morgan fingerprint density at radius 1 is 1.24 bits per heavy atom. The molecule has 2 bridgehead atoms. The first-order valence-corrected chi connectivity index (χ1v) is 7.00. The van der Waals surface area contributed by atoms with Crippen LogP contribution in [0.5, 0.6) is 0 Å². The summed E-state index contributed by atoms with van der Waals surface area (Å²) < 4.78 is 0. The fourth-order valence-electron chi connectivity index (χ4n) is 3.48. The smallest absolute Gasteiger partial charge is 0.246 e. The molecule has 3 rings (SSSR count). The van der Waals surface area contributed by atoms with Gasteiger partial charge in [0.15, 0.2) is 0 Å². The molecule has 2 atom stereocenters. The predicted octanol–water partition coefficient (Wildman–Crippen LogP) is 1.46. The van der Waals surface area contributed by atoms with Crippen LogP contribution in [0.1, 0.15) is 44.9 Å². The van der Waals surface area contributed by atoms with E-state index in [9.17, 15) is 4.79 Å². The maximum Gasteiger partial charge on any atom is 0.246 e. The van der Waals surface area contributed by atoms with Crippen LogP contribution in [0, 0.1) is 5.92 Å². The standard InChI is InChI=1S/C13H22N2O2/c16-13(15-5-1-2-6-17-15)9-10-7-11-3-4-12(8-10)14-11/h10-12,14H,1-9H2. The van der Waals surface area contributed by atoms with Gasteiger partial charge in [-0.2, -0.15) is 0 Å². The average Bonchev–Trinajstić information content (AvgIpc) is 2.70. The molecule has 0 aromatic heterocycles. The van der Waals surface area contributed by atoms with Gasteiger partial charge in [0.05, 0.1) is 6.61 Å². The summed E-state index contributed by atoms with van der Waals surface area (Å²) in [6, 6.07) is 1.35. The second-order valence-electron chi connectivity index (χ2n) is 5.72. The molecule has 4 heteroatoms. The highest BCUT2D eigenvalue weighted by Crippen LogP contribution is 2.33. The van der Waals surface area contributed by atoms with Crippen LogP contribution in [0.3, 0.4) is 0 Å². The number of rotatable bonds is 2. The number of hydroxylamine groups is 2. The Kier molecular flexibility index (Phi) is 3.34. The summed E-state index contributed by atoms with van der Waals surface area (Å²) in [5, 5.41) is 5.22. The summed E-state index contributed by atoms with van der Waals surface area (Å²) in [6.07, 6.45) is 7.82. The van der Waals surface area contributed by atoms with Gasteiger partial charge in [0.25, 0.3) is 0 Å². The number of nitrogens with zero attached hydrogens (tertiary/aromatic N) is 1. The van der Waals surface area contributed by atoms with Gasteiger partial charge in [0, 0.05) is 25.0 Å². The zero-order valence-electron chi connectivity index (χ0n) is 10.4. The molecule has 4 nitrogen and oxygen atoms in total. The van der Waals surface area contributed by atoms with E-state index < -0.39 is 0 Å². The van der Waals surface area contributed by atoms with E-state index in [-0.39, 0.29) is 5.91 Å². The fraction of sp³-hybridized carbons (Fsp3) is 0.923. The number of fused-ring (bicyclic) bond motifs is 2. The Morgan fingerprint density at radius 2 is 2.00 bits per heavy atom. The molecule has 0 aliphatic carbocycles. The lowest BCUT2D eigenvalue weighted by atomic mass is 9.89. The van der Waals surface area contributed by atoms with Crippen molar-refractivity contribution in [3.8, 4) is 0 Å². The fourth-order valence-corrected chi connectivity index (χ4v) is 3.48. The van der Waals surface area contributed by atoms with Gasteiger partial charge in [0.2, 0.25) is 5.91 Å². The first-order chi connectivity index (χ1) is 8.31. The highest BCUT2D eigenvalue weighted by molar-refractivity contribution is 5.75. The Labute approximate surface area is 103 Å². The molecular weight excluding hydrogens is 216 g/mol. The molecule has 2 unspecified atom stereocenters. The normalized spacial score (nSPS) is 37.2. The monoisotopic (exact) mass is 238 g/mol. The van der Waals surface area contributed by atoms with Crippen molar-refractivity contribution in [2.24, 2.45) is 5.92 Å². The summed E-state index contributed by atoms with van der Waals surface area (Å²) in [7, 11) is 0. The number of carbonyl (C=O) groups excluding carboxylic acids is 1. The lowest BCUT2D eigenvalue weighted by molar-refractivity contribution is -0.198. The maximum absolute atomic E-state index is 12.1. The van der Waals surface area contributed by atoms with E-state index in [0.29, 0.717) is 31.0 Å². The van der Waals surface area contributed by atoms with Gasteiger partial charge in [-0.25, -0.2) is 5.06 Å². The predicted molar refractivity (Wildman–Crippen MR) is 64.2 cm³/mol. The van der Waals surface area contributed by atoms with Gasteiger partial charge in [-0.1, -0.05) is 0 Å². The third kappa shape index (κ3) is 2.63. The zero-order valence-corrected chi connectivity index (χ0v) is 10.4. The van der Waals surface area contributed by atoms with Crippen molar-refractivity contribution in [3.63, 3.8) is 0 Å². The molecule has 0 radical (unpaired) electrons. The van der Waals surface area contributed by atoms with Crippen LogP contribution in [0.25, 0.3) is 0 Å². The van der Waals surface area contributed by atoms with Crippen LogP contribution < -0.4 is 5.32 Å². The van der Waals surface area contributed by atoms with E-state index in [1.807, 2.05) is 0 Å². The largest absolute Gasteiger partial charge is 0.311 e. The quantitative estimate of drug-likeness (QED) is 0.792. The minimum atomic E-state index is 0.205. The van der Waals surface area contributed by atoms with Gasteiger partial charge in [-0.05, 0) is 44.4 Å². The first-order valence-electron chi connectivity index (χ1n) is 7.00. The summed E-state index contributed by atoms with van der Waals surface area (Å²) >= 11 is 0. The maximum atomic E-state index is 12.1. The van der Waals surface area contributed by atoms with Gasteiger partial charge in [0.1, 0.15) is 0 Å². The van der Waals surface area contributed by atoms with Crippen molar-refractivity contribution in [1.29, 1.82) is 0 Å². The minimum Gasteiger partial charge on any atom is -0.311 e. The molecule has 17 heavy (non-hydrogen) atoms. The van der Waals surface area contributed by atoms with E-state index in [4.69, 9.17) is 4.84 Å². The topological polar surface area (TPSA) is 41.6 Å². The Bertz CT molecular complexity index is 277. The molecule has 0 aromatic rings. The zero-order chi connectivity index (χ0) is 11.7. The van der Waals surface area contributed by atoms with Crippen LogP contribution in [0.15, 0.2) is 0 Å². The third-order valence-corrected chi connectivity index (χ3v) is 4.31. The van der Waals surface area contributed by atoms with Crippen LogP contribution in [0.4, 0.5) is 0 Å². The number of carbonyl (C=O) groups is 1. The van der Waals surface area contributed by atoms with Gasteiger partial charge in [-0.3, -0.25) is 9.63 Å². The van der Waals surface area contributed by atoms with Gasteiger partial charge >= 0.3 is 0 Å². The summed E-state index contributed by atoms with van der Waals surface area (Å²) in [5.74, 6) is 0.780. The van der Waals surface area contributed by atoms with Crippen molar-refractivity contribution in [1.82, 2.24) is 10.4 Å². The average molecular weight is 238 g/mol. The summed E-state index contributed by atoms with van der Waals surface area (Å²) in [4.78, 5) is 17.5. The summed E-state index contributed by atoms with van der Waals surface area (Å²) in [5.41, 5.74) is 0. The Morgan fingerprint density at radius 3 is 2.65 bits per heavy atom. The highest BCUT2D eigenvalue weighted by Gasteiger charge is 2.35. The molecule has 1 N–H and O–H groups in total. The Hall–Kier alpha value is -0.610. The molecule has 0 saturated carbocycles. The molecule has 1 amide bonds. The van der Waals surface area contributed by atoms with Crippen LogP contribution in [0.2, 0.25) is 0 Å². The van der Waals surface area contributed by atoms with E-state index in [0.717, 1.165) is 19.4 Å². The first kappa shape index (κ1) is 11.5. The molecule has 3 aliphatic heterocycles. The second kappa shape index (κ2) is 4.94. The molecular formula is C13H22N2O2. The molecule has 3 saturated heterocycles. The molecule has 3 fully saturated rings. The van der Waals surface area contributed by atoms with Crippen LogP contribution >= 0.6 is 0 Å².